The Bertz CT molecular complexity index is 1020. The van der Waals surface area contributed by atoms with Gasteiger partial charge in [-0.25, -0.2) is 0 Å². The number of carbonyl (C=O) groups excluding carboxylic acids is 2. The third-order valence-electron chi connectivity index (χ3n) is 5.04. The van der Waals surface area contributed by atoms with Gasteiger partial charge in [0.25, 0.3) is 11.8 Å². The summed E-state index contributed by atoms with van der Waals surface area (Å²) in [5.41, 5.74) is 1.45. The summed E-state index contributed by atoms with van der Waals surface area (Å²) in [5, 5.41) is 23.9. The average Bonchev–Trinajstić information content (AvgIpc) is 3.26. The Morgan fingerprint density at radius 3 is 2.65 bits per heavy atom. The Morgan fingerprint density at radius 2 is 1.90 bits per heavy atom. The van der Waals surface area contributed by atoms with Crippen molar-refractivity contribution >= 4 is 35.0 Å². The molecule has 1 saturated heterocycles. The predicted octanol–water partition coefficient (Wildman–Crippen LogP) is 2.55. The summed E-state index contributed by atoms with van der Waals surface area (Å²) in [6.07, 6.45) is -2.33. The van der Waals surface area contributed by atoms with Gasteiger partial charge in [0, 0.05) is 17.1 Å². The summed E-state index contributed by atoms with van der Waals surface area (Å²) in [5.74, 6) is 3.94. The van der Waals surface area contributed by atoms with E-state index in [1.807, 2.05) is 6.07 Å². The predicted molar refractivity (Wildman–Crippen MR) is 118 cm³/mol. The van der Waals surface area contributed by atoms with Gasteiger partial charge in [0.05, 0.1) is 17.6 Å². The minimum Gasteiger partial charge on any atom is -0.380 e. The van der Waals surface area contributed by atoms with E-state index in [1.165, 1.54) is 4.90 Å². The normalized spacial score (nSPS) is 17.4. The van der Waals surface area contributed by atoms with Gasteiger partial charge in [-0.2, -0.15) is 0 Å². The van der Waals surface area contributed by atoms with Gasteiger partial charge >= 0.3 is 0 Å². The van der Waals surface area contributed by atoms with Crippen LogP contribution in [0.2, 0.25) is 10.0 Å². The quantitative estimate of drug-likeness (QED) is 0.598. The zero-order valence-corrected chi connectivity index (χ0v) is 18.1. The molecule has 1 fully saturated rings. The van der Waals surface area contributed by atoms with Crippen molar-refractivity contribution in [3.05, 3.63) is 69.7 Å². The standard InChI is InChI=1S/C23H22Cl2N2O4/c24-17-9-3-7-16(14-17)19-11-5-13-27(19)23(31)21(29)20(28)22(30)26-12-4-8-15-6-1-2-10-18(15)25/h1-3,6-7,9-10,14,19-21,28-29H,5,11-13H2,(H,26,30)/t19?,20-,21-/m1/s1. The second kappa shape index (κ2) is 10.7. The number of nitrogens with zero attached hydrogens (tertiary/aromatic N) is 1. The van der Waals surface area contributed by atoms with E-state index in [-0.39, 0.29) is 12.6 Å². The maximum atomic E-state index is 12.8. The number of aliphatic hydroxyl groups is 2. The van der Waals surface area contributed by atoms with Gasteiger partial charge in [-0.3, -0.25) is 9.59 Å². The van der Waals surface area contributed by atoms with Gasteiger partial charge in [-0.1, -0.05) is 59.3 Å². The second-order valence-electron chi connectivity index (χ2n) is 7.13. The first kappa shape index (κ1) is 23.1. The van der Waals surface area contributed by atoms with E-state index in [0.29, 0.717) is 28.6 Å². The number of rotatable bonds is 5. The highest BCUT2D eigenvalue weighted by atomic mass is 35.5. The van der Waals surface area contributed by atoms with Crippen LogP contribution in [0.25, 0.3) is 0 Å². The summed E-state index contributed by atoms with van der Waals surface area (Å²) in [7, 11) is 0. The molecule has 3 N–H and O–H groups in total. The van der Waals surface area contributed by atoms with E-state index >= 15 is 0 Å². The van der Waals surface area contributed by atoms with Gasteiger partial charge in [-0.05, 0) is 42.7 Å². The molecule has 0 aromatic heterocycles. The first-order valence-corrected chi connectivity index (χ1v) is 10.6. The Labute approximate surface area is 190 Å². The van der Waals surface area contributed by atoms with Crippen molar-refractivity contribution in [1.29, 1.82) is 0 Å². The SMILES string of the molecule is O=C(NCC#Cc1ccccc1Cl)[C@H](O)[C@@H](O)C(=O)N1CCCC1c1cccc(Cl)c1. The molecule has 1 aliphatic rings. The summed E-state index contributed by atoms with van der Waals surface area (Å²) in [6.45, 7) is 0.349. The fraction of sp³-hybridized carbons (Fsp3) is 0.304. The van der Waals surface area contributed by atoms with Crippen LogP contribution in [0.3, 0.4) is 0 Å². The van der Waals surface area contributed by atoms with Crippen molar-refractivity contribution in [2.75, 3.05) is 13.1 Å². The van der Waals surface area contributed by atoms with Crippen LogP contribution in [0.15, 0.2) is 48.5 Å². The molecule has 0 aliphatic carbocycles. The molecule has 2 aromatic carbocycles. The smallest absolute Gasteiger partial charge is 0.255 e. The highest BCUT2D eigenvalue weighted by Crippen LogP contribution is 2.33. The van der Waals surface area contributed by atoms with Gasteiger partial charge in [0.2, 0.25) is 0 Å². The van der Waals surface area contributed by atoms with Crippen LogP contribution in [0.1, 0.15) is 30.0 Å². The van der Waals surface area contributed by atoms with E-state index in [9.17, 15) is 19.8 Å². The number of halogens is 2. The number of nitrogens with one attached hydrogen (secondary N) is 1. The second-order valence-corrected chi connectivity index (χ2v) is 7.98. The number of hydrogen-bond donors (Lipinski definition) is 3. The molecule has 2 aromatic rings. The van der Waals surface area contributed by atoms with Crippen LogP contribution < -0.4 is 5.32 Å². The largest absolute Gasteiger partial charge is 0.380 e. The molecular formula is C23H22Cl2N2O4. The fourth-order valence-electron chi connectivity index (χ4n) is 3.48. The molecule has 0 spiro atoms. The molecule has 1 aliphatic heterocycles. The van der Waals surface area contributed by atoms with Crippen LogP contribution in [0, 0.1) is 11.8 Å². The van der Waals surface area contributed by atoms with Crippen molar-refractivity contribution in [3.63, 3.8) is 0 Å². The monoisotopic (exact) mass is 460 g/mol. The van der Waals surface area contributed by atoms with Crippen LogP contribution >= 0.6 is 23.2 Å². The Hall–Kier alpha value is -2.56. The summed E-state index contributed by atoms with van der Waals surface area (Å²) >= 11 is 12.1. The summed E-state index contributed by atoms with van der Waals surface area (Å²) in [4.78, 5) is 26.4. The van der Waals surface area contributed by atoms with E-state index in [1.54, 1.807) is 42.5 Å². The molecule has 0 radical (unpaired) electrons. The highest BCUT2D eigenvalue weighted by Gasteiger charge is 2.38. The Morgan fingerprint density at radius 1 is 1.13 bits per heavy atom. The van der Waals surface area contributed by atoms with Crippen molar-refractivity contribution in [2.45, 2.75) is 31.1 Å². The maximum absolute atomic E-state index is 12.8. The van der Waals surface area contributed by atoms with E-state index in [0.717, 1.165) is 12.0 Å². The van der Waals surface area contributed by atoms with Crippen LogP contribution in [0.4, 0.5) is 0 Å². The first-order valence-electron chi connectivity index (χ1n) is 9.81. The lowest BCUT2D eigenvalue weighted by Gasteiger charge is -2.28. The lowest BCUT2D eigenvalue weighted by atomic mass is 10.0. The minimum absolute atomic E-state index is 0.0725. The number of benzene rings is 2. The number of amides is 2. The number of likely N-dealkylation sites (tertiary alicyclic amines) is 1. The molecule has 31 heavy (non-hydrogen) atoms. The zero-order valence-electron chi connectivity index (χ0n) is 16.6. The topological polar surface area (TPSA) is 89.9 Å². The zero-order chi connectivity index (χ0) is 22.4. The number of hydrogen-bond acceptors (Lipinski definition) is 4. The van der Waals surface area contributed by atoms with Crippen molar-refractivity contribution in [2.24, 2.45) is 0 Å². The molecule has 6 nitrogen and oxygen atoms in total. The third kappa shape index (κ3) is 5.78. The molecule has 0 saturated carbocycles. The van der Waals surface area contributed by atoms with Crippen molar-refractivity contribution in [3.8, 4) is 11.8 Å². The highest BCUT2D eigenvalue weighted by molar-refractivity contribution is 6.31. The Kier molecular flexibility index (Phi) is 7.94. The van der Waals surface area contributed by atoms with E-state index < -0.39 is 24.0 Å². The molecule has 1 heterocycles. The molecule has 3 rings (SSSR count). The number of carbonyl (C=O) groups is 2. The molecule has 162 valence electrons. The third-order valence-corrected chi connectivity index (χ3v) is 5.60. The van der Waals surface area contributed by atoms with Gasteiger partial charge < -0.3 is 20.4 Å². The molecule has 2 amide bonds. The minimum atomic E-state index is -1.91. The molecule has 1 unspecified atom stereocenters. The molecular weight excluding hydrogens is 439 g/mol. The van der Waals surface area contributed by atoms with Crippen LogP contribution in [0.5, 0.6) is 0 Å². The van der Waals surface area contributed by atoms with Crippen molar-refractivity contribution < 1.29 is 19.8 Å². The molecule has 0 bridgehead atoms. The van der Waals surface area contributed by atoms with E-state index in [2.05, 4.69) is 17.2 Å². The Balaban J connectivity index is 1.58. The van der Waals surface area contributed by atoms with Crippen LogP contribution in [-0.4, -0.2) is 52.2 Å². The first-order chi connectivity index (χ1) is 14.9. The number of aliphatic hydroxyl groups excluding tert-OH is 2. The average molecular weight is 461 g/mol. The van der Waals surface area contributed by atoms with Gasteiger partial charge in [0.15, 0.2) is 12.2 Å². The van der Waals surface area contributed by atoms with Crippen molar-refractivity contribution in [1.82, 2.24) is 10.2 Å². The lowest BCUT2D eigenvalue weighted by Crippen LogP contribution is -2.50. The van der Waals surface area contributed by atoms with Crippen LogP contribution in [-0.2, 0) is 9.59 Å². The van der Waals surface area contributed by atoms with Gasteiger partial charge in [0.1, 0.15) is 0 Å². The van der Waals surface area contributed by atoms with E-state index in [4.69, 9.17) is 23.2 Å². The lowest BCUT2D eigenvalue weighted by molar-refractivity contribution is -0.153. The summed E-state index contributed by atoms with van der Waals surface area (Å²) < 4.78 is 0. The van der Waals surface area contributed by atoms with Gasteiger partial charge in [-0.15, -0.1) is 0 Å². The molecule has 8 heteroatoms. The summed E-state index contributed by atoms with van der Waals surface area (Å²) in [6, 6.07) is 13.9. The maximum Gasteiger partial charge on any atom is 0.255 e. The molecule has 3 atom stereocenters. The fourth-order valence-corrected chi connectivity index (χ4v) is 3.86.